The summed E-state index contributed by atoms with van der Waals surface area (Å²) in [4.78, 5) is 10.7. The molecule has 0 radical (unpaired) electrons. The van der Waals surface area contributed by atoms with Crippen LogP contribution in [-0.2, 0) is 9.53 Å². The minimum absolute atomic E-state index is 0.0108. The first-order valence-electron chi connectivity index (χ1n) is 5.87. The minimum Gasteiger partial charge on any atom is -0.496 e. The van der Waals surface area contributed by atoms with E-state index in [2.05, 4.69) is 19.9 Å². The van der Waals surface area contributed by atoms with E-state index < -0.39 is 0 Å². The number of ketones is 1. The van der Waals surface area contributed by atoms with Crippen LogP contribution in [0.1, 0.15) is 34.1 Å². The van der Waals surface area contributed by atoms with E-state index in [1.165, 1.54) is 24.8 Å². The first-order chi connectivity index (χ1) is 8.10. The third kappa shape index (κ3) is 9.36. The largest absolute Gasteiger partial charge is 0.496 e. The molecule has 0 fully saturated rings. The molecule has 0 saturated carbocycles. The monoisotopic (exact) mass is 234 g/mol. The molecule has 0 aromatic rings. The summed E-state index contributed by atoms with van der Waals surface area (Å²) in [5.41, 5.74) is 2.40. The van der Waals surface area contributed by atoms with Crippen LogP contribution in [0, 0.1) is 0 Å². The van der Waals surface area contributed by atoms with Crippen LogP contribution in [0.4, 0.5) is 0 Å². The molecule has 2 nitrogen and oxygen atoms in total. The number of hydrogen-bond donors (Lipinski definition) is 0. The summed E-state index contributed by atoms with van der Waals surface area (Å²) in [7, 11) is 0. The van der Waals surface area contributed by atoms with Gasteiger partial charge in [-0.3, -0.25) is 4.79 Å². The second-order valence-electron chi connectivity index (χ2n) is 3.83. The van der Waals surface area contributed by atoms with Crippen molar-refractivity contribution < 1.29 is 9.53 Å². The van der Waals surface area contributed by atoms with Gasteiger partial charge < -0.3 is 4.74 Å². The van der Waals surface area contributed by atoms with Crippen molar-refractivity contribution in [3.05, 3.63) is 47.8 Å². The highest BCUT2D eigenvalue weighted by Crippen LogP contribution is 2.04. The van der Waals surface area contributed by atoms with Crippen molar-refractivity contribution in [1.82, 2.24) is 0 Å². The van der Waals surface area contributed by atoms with Crippen molar-refractivity contribution in [1.29, 1.82) is 0 Å². The molecule has 17 heavy (non-hydrogen) atoms. The molecule has 0 rings (SSSR count). The second-order valence-corrected chi connectivity index (χ2v) is 3.83. The zero-order chi connectivity index (χ0) is 13.1. The Morgan fingerprint density at radius 1 is 1.18 bits per heavy atom. The molecule has 0 aliphatic heterocycles. The quantitative estimate of drug-likeness (QED) is 0.378. The fourth-order valence-corrected chi connectivity index (χ4v) is 1.02. The predicted octanol–water partition coefficient (Wildman–Crippen LogP) is 3.96. The smallest absolute Gasteiger partial charge is 0.155 e. The minimum atomic E-state index is -0.0108. The Kier molecular flexibility index (Phi) is 8.75. The number of allylic oxidation sites excluding steroid dienone is 5. The van der Waals surface area contributed by atoms with Gasteiger partial charge in [-0.2, -0.15) is 0 Å². The highest BCUT2D eigenvalue weighted by Gasteiger charge is 1.91. The second kappa shape index (κ2) is 9.64. The first kappa shape index (κ1) is 15.4. The van der Waals surface area contributed by atoms with Crippen LogP contribution in [0.2, 0.25) is 0 Å². The number of ether oxygens (including phenoxy) is 1. The predicted molar refractivity (Wildman–Crippen MR) is 72.7 cm³/mol. The molecule has 0 aliphatic rings. The van der Waals surface area contributed by atoms with E-state index in [9.17, 15) is 4.79 Å². The molecular weight excluding hydrogens is 212 g/mol. The summed E-state index contributed by atoms with van der Waals surface area (Å²) in [6, 6.07) is 0. The highest BCUT2D eigenvalue weighted by molar-refractivity contribution is 5.86. The SMILES string of the molecule is C\C=C/C(=C\C=C(/C)CC)CO/C=C\C(C)=O. The Morgan fingerprint density at radius 3 is 2.41 bits per heavy atom. The fourth-order valence-electron chi connectivity index (χ4n) is 1.02. The van der Waals surface area contributed by atoms with Crippen molar-refractivity contribution in [3.8, 4) is 0 Å². The molecule has 2 heteroatoms. The number of carbonyl (C=O) groups is 1. The van der Waals surface area contributed by atoms with Gasteiger partial charge in [-0.1, -0.05) is 36.8 Å². The van der Waals surface area contributed by atoms with Gasteiger partial charge in [-0.15, -0.1) is 0 Å². The van der Waals surface area contributed by atoms with Gasteiger partial charge in [-0.25, -0.2) is 0 Å². The van der Waals surface area contributed by atoms with Crippen LogP contribution in [0.25, 0.3) is 0 Å². The average Bonchev–Trinajstić information content (AvgIpc) is 2.30. The van der Waals surface area contributed by atoms with E-state index in [0.717, 1.165) is 12.0 Å². The van der Waals surface area contributed by atoms with Crippen molar-refractivity contribution in [2.45, 2.75) is 34.1 Å². The van der Waals surface area contributed by atoms with Gasteiger partial charge in [0.1, 0.15) is 6.61 Å². The van der Waals surface area contributed by atoms with Crippen LogP contribution in [0.15, 0.2) is 47.8 Å². The number of hydrogen-bond acceptors (Lipinski definition) is 2. The lowest BCUT2D eigenvalue weighted by molar-refractivity contribution is -0.112. The Bertz CT molecular complexity index is 344. The van der Waals surface area contributed by atoms with Gasteiger partial charge in [0.15, 0.2) is 5.78 Å². The normalized spacial score (nSPS) is 13.6. The standard InChI is InChI=1S/C15H22O2/c1-5-7-15(9-8-13(3)6-2)12-17-11-10-14(4)16/h5,7-11H,6,12H2,1-4H3/b7-5-,11-10-,13-8+,15-9+. The van der Waals surface area contributed by atoms with Crippen LogP contribution in [0.3, 0.4) is 0 Å². The molecule has 0 spiro atoms. The lowest BCUT2D eigenvalue weighted by atomic mass is 10.1. The van der Waals surface area contributed by atoms with Crippen LogP contribution in [-0.4, -0.2) is 12.4 Å². The van der Waals surface area contributed by atoms with E-state index in [0.29, 0.717) is 6.61 Å². The zero-order valence-electron chi connectivity index (χ0n) is 11.2. The molecule has 94 valence electrons. The first-order valence-corrected chi connectivity index (χ1v) is 5.87. The van der Waals surface area contributed by atoms with Gasteiger partial charge >= 0.3 is 0 Å². The van der Waals surface area contributed by atoms with Gasteiger partial charge in [0.2, 0.25) is 0 Å². The van der Waals surface area contributed by atoms with Gasteiger partial charge in [-0.05, 0) is 32.8 Å². The summed E-state index contributed by atoms with van der Waals surface area (Å²) < 4.78 is 5.27. The van der Waals surface area contributed by atoms with E-state index in [1.807, 2.05) is 25.2 Å². The molecule has 0 aliphatic carbocycles. The maximum absolute atomic E-state index is 10.7. The van der Waals surface area contributed by atoms with E-state index in [-0.39, 0.29) is 5.78 Å². The van der Waals surface area contributed by atoms with Crippen LogP contribution < -0.4 is 0 Å². The van der Waals surface area contributed by atoms with Crippen molar-refractivity contribution in [3.63, 3.8) is 0 Å². The van der Waals surface area contributed by atoms with Crippen LogP contribution in [0.5, 0.6) is 0 Å². The molecule has 0 atom stereocenters. The summed E-state index contributed by atoms with van der Waals surface area (Å²) >= 11 is 0. The average molecular weight is 234 g/mol. The summed E-state index contributed by atoms with van der Waals surface area (Å²) in [6.45, 7) is 8.16. The molecular formula is C15H22O2. The Hall–Kier alpha value is -1.57. The highest BCUT2D eigenvalue weighted by atomic mass is 16.5. The zero-order valence-corrected chi connectivity index (χ0v) is 11.2. The lowest BCUT2D eigenvalue weighted by Crippen LogP contribution is -1.91. The molecule has 0 amide bonds. The maximum Gasteiger partial charge on any atom is 0.155 e. The third-order valence-electron chi connectivity index (χ3n) is 2.17. The molecule has 0 N–H and O–H groups in total. The van der Waals surface area contributed by atoms with E-state index in [1.54, 1.807) is 0 Å². The van der Waals surface area contributed by atoms with Gasteiger partial charge in [0, 0.05) is 6.08 Å². The van der Waals surface area contributed by atoms with Crippen LogP contribution >= 0.6 is 0 Å². The Balaban J connectivity index is 4.39. The Labute approximate surface area is 104 Å². The molecule has 0 heterocycles. The number of carbonyl (C=O) groups excluding carboxylic acids is 1. The van der Waals surface area contributed by atoms with Gasteiger partial charge in [0.25, 0.3) is 0 Å². The van der Waals surface area contributed by atoms with Gasteiger partial charge in [0.05, 0.1) is 6.26 Å². The molecule has 0 aromatic carbocycles. The maximum atomic E-state index is 10.7. The molecule has 0 bridgehead atoms. The lowest BCUT2D eigenvalue weighted by Gasteiger charge is -2.01. The third-order valence-corrected chi connectivity index (χ3v) is 2.17. The summed E-state index contributed by atoms with van der Waals surface area (Å²) in [5, 5.41) is 0. The van der Waals surface area contributed by atoms with Crippen molar-refractivity contribution in [2.24, 2.45) is 0 Å². The summed E-state index contributed by atoms with van der Waals surface area (Å²) in [6.07, 6.45) is 12.0. The van der Waals surface area contributed by atoms with E-state index >= 15 is 0 Å². The van der Waals surface area contributed by atoms with Crippen molar-refractivity contribution in [2.75, 3.05) is 6.61 Å². The molecule has 0 saturated heterocycles. The Morgan fingerprint density at radius 2 is 1.88 bits per heavy atom. The van der Waals surface area contributed by atoms with Crippen molar-refractivity contribution >= 4 is 5.78 Å². The molecule has 0 aromatic heterocycles. The number of rotatable bonds is 7. The fraction of sp³-hybridized carbons (Fsp3) is 0.400. The summed E-state index contributed by atoms with van der Waals surface area (Å²) in [5.74, 6) is -0.0108. The van der Waals surface area contributed by atoms with E-state index in [4.69, 9.17) is 4.74 Å². The topological polar surface area (TPSA) is 26.3 Å². The molecule has 0 unspecified atom stereocenters.